The maximum Gasteiger partial charge on any atom is 0.273 e. The third-order valence-electron chi connectivity index (χ3n) is 4.49. The molecule has 0 aromatic heterocycles. The molecular weight excluding hydrogens is 286 g/mol. The second-order valence-corrected chi connectivity index (χ2v) is 6.26. The lowest BCUT2D eigenvalue weighted by molar-refractivity contribution is 0.0941. The van der Waals surface area contributed by atoms with Crippen molar-refractivity contribution >= 4 is 23.2 Å². The van der Waals surface area contributed by atoms with E-state index in [0.29, 0.717) is 17.1 Å². The van der Waals surface area contributed by atoms with Crippen LogP contribution in [0.1, 0.15) is 36.0 Å². The Labute approximate surface area is 129 Å². The molecule has 0 saturated heterocycles. The van der Waals surface area contributed by atoms with E-state index in [2.05, 4.69) is 16.2 Å². The van der Waals surface area contributed by atoms with E-state index in [1.165, 1.54) is 31.7 Å². The number of amides is 1. The highest BCUT2D eigenvalue weighted by Gasteiger charge is 2.39. The van der Waals surface area contributed by atoms with Gasteiger partial charge in [-0.05, 0) is 55.4 Å². The third-order valence-corrected chi connectivity index (χ3v) is 4.71. The Morgan fingerprint density at radius 2 is 2.00 bits per heavy atom. The van der Waals surface area contributed by atoms with Gasteiger partial charge in [-0.25, -0.2) is 0 Å². The molecule has 0 aliphatic heterocycles. The minimum Gasteiger partial charge on any atom is -0.507 e. The summed E-state index contributed by atoms with van der Waals surface area (Å²) >= 11 is 5.21. The number of carbonyl (C=O) groups is 1. The Morgan fingerprint density at radius 1 is 1.19 bits per heavy atom. The van der Waals surface area contributed by atoms with Gasteiger partial charge in [-0.2, -0.15) is 0 Å². The van der Waals surface area contributed by atoms with Crippen LogP contribution in [0, 0.1) is 11.8 Å². The molecule has 2 fully saturated rings. The zero-order valence-corrected chi connectivity index (χ0v) is 12.5. The van der Waals surface area contributed by atoms with Crippen molar-refractivity contribution in [1.82, 2.24) is 16.2 Å². The Bertz CT molecular complexity index is 564. The SMILES string of the molecule is O=C(NNC(=S)N[C@H]1C[C@H]2CC[C@H]1C2)c1ccccc1O. The van der Waals surface area contributed by atoms with Crippen LogP contribution in [-0.2, 0) is 0 Å². The first-order valence-corrected chi connectivity index (χ1v) is 7.69. The maximum absolute atomic E-state index is 11.9. The molecule has 5 nitrogen and oxygen atoms in total. The number of hydrogen-bond acceptors (Lipinski definition) is 3. The van der Waals surface area contributed by atoms with E-state index in [0.717, 1.165) is 5.92 Å². The molecule has 0 unspecified atom stereocenters. The Morgan fingerprint density at radius 3 is 2.67 bits per heavy atom. The fraction of sp³-hybridized carbons (Fsp3) is 0.467. The predicted molar refractivity (Wildman–Crippen MR) is 83.7 cm³/mol. The molecule has 0 spiro atoms. The highest BCUT2D eigenvalue weighted by atomic mass is 32.1. The van der Waals surface area contributed by atoms with Crippen LogP contribution < -0.4 is 16.2 Å². The van der Waals surface area contributed by atoms with Crippen molar-refractivity contribution in [3.8, 4) is 5.75 Å². The van der Waals surface area contributed by atoms with Crippen molar-refractivity contribution < 1.29 is 9.90 Å². The molecule has 4 N–H and O–H groups in total. The maximum atomic E-state index is 11.9. The number of benzene rings is 1. The summed E-state index contributed by atoms with van der Waals surface area (Å²) in [6, 6.07) is 6.81. The minimum atomic E-state index is -0.412. The molecule has 1 aromatic rings. The molecule has 2 aliphatic carbocycles. The molecule has 2 aliphatic rings. The topological polar surface area (TPSA) is 73.4 Å². The Kier molecular flexibility index (Phi) is 3.96. The van der Waals surface area contributed by atoms with Crippen LogP contribution in [0.25, 0.3) is 0 Å². The van der Waals surface area contributed by atoms with Gasteiger partial charge < -0.3 is 10.4 Å². The number of carbonyl (C=O) groups excluding carboxylic acids is 1. The summed E-state index contributed by atoms with van der Waals surface area (Å²) in [7, 11) is 0. The van der Waals surface area contributed by atoms with E-state index < -0.39 is 5.91 Å². The van der Waals surface area contributed by atoms with Gasteiger partial charge in [0.05, 0.1) is 5.56 Å². The number of phenols is 1. The van der Waals surface area contributed by atoms with Crippen molar-refractivity contribution in [3.63, 3.8) is 0 Å². The smallest absolute Gasteiger partial charge is 0.273 e. The zero-order chi connectivity index (χ0) is 14.8. The number of aromatic hydroxyl groups is 1. The first kappa shape index (κ1) is 14.1. The molecule has 0 radical (unpaired) electrons. The van der Waals surface area contributed by atoms with Gasteiger partial charge in [-0.15, -0.1) is 0 Å². The normalized spacial score (nSPS) is 26.4. The van der Waals surface area contributed by atoms with Crippen LogP contribution in [0.15, 0.2) is 24.3 Å². The molecule has 3 atom stereocenters. The quantitative estimate of drug-likeness (QED) is 0.494. The van der Waals surface area contributed by atoms with Gasteiger partial charge in [-0.3, -0.25) is 15.6 Å². The molecule has 2 saturated carbocycles. The molecule has 21 heavy (non-hydrogen) atoms. The summed E-state index contributed by atoms with van der Waals surface area (Å²) in [6.07, 6.45) is 5.08. The second kappa shape index (κ2) is 5.89. The third kappa shape index (κ3) is 3.10. The summed E-state index contributed by atoms with van der Waals surface area (Å²) in [4.78, 5) is 11.9. The van der Waals surface area contributed by atoms with Gasteiger partial charge >= 0.3 is 0 Å². The molecule has 6 heteroatoms. The van der Waals surface area contributed by atoms with E-state index in [1.807, 2.05) is 0 Å². The van der Waals surface area contributed by atoms with E-state index >= 15 is 0 Å². The monoisotopic (exact) mass is 305 g/mol. The van der Waals surface area contributed by atoms with Gasteiger partial charge in [0.1, 0.15) is 5.75 Å². The highest BCUT2D eigenvalue weighted by Crippen LogP contribution is 2.44. The number of thiocarbonyl (C=S) groups is 1. The zero-order valence-electron chi connectivity index (χ0n) is 11.6. The molecular formula is C15H19N3O2S. The summed E-state index contributed by atoms with van der Waals surface area (Å²) in [5.74, 6) is 1.09. The lowest BCUT2D eigenvalue weighted by Gasteiger charge is -2.24. The van der Waals surface area contributed by atoms with E-state index in [-0.39, 0.29) is 11.3 Å². The fourth-order valence-electron chi connectivity index (χ4n) is 3.47. The summed E-state index contributed by atoms with van der Waals surface area (Å²) < 4.78 is 0. The lowest BCUT2D eigenvalue weighted by Crippen LogP contribution is -2.50. The van der Waals surface area contributed by atoms with Crippen molar-refractivity contribution in [2.75, 3.05) is 0 Å². The molecule has 2 bridgehead atoms. The van der Waals surface area contributed by atoms with Crippen molar-refractivity contribution in [1.29, 1.82) is 0 Å². The van der Waals surface area contributed by atoms with E-state index in [4.69, 9.17) is 12.2 Å². The minimum absolute atomic E-state index is 0.0521. The number of fused-ring (bicyclic) bond motifs is 2. The fourth-order valence-corrected chi connectivity index (χ4v) is 3.67. The van der Waals surface area contributed by atoms with Crippen LogP contribution in [0.2, 0.25) is 0 Å². The van der Waals surface area contributed by atoms with Gasteiger partial charge in [0.15, 0.2) is 5.11 Å². The number of phenolic OH excluding ortho intramolecular Hbond substituents is 1. The van der Waals surface area contributed by atoms with Crippen molar-refractivity contribution in [3.05, 3.63) is 29.8 Å². The first-order valence-electron chi connectivity index (χ1n) is 7.28. The molecule has 112 valence electrons. The predicted octanol–water partition coefficient (Wildman–Crippen LogP) is 1.69. The van der Waals surface area contributed by atoms with Crippen LogP contribution in [0.5, 0.6) is 5.75 Å². The summed E-state index contributed by atoms with van der Waals surface area (Å²) in [5, 5.41) is 13.3. The van der Waals surface area contributed by atoms with Gasteiger partial charge in [0, 0.05) is 6.04 Å². The lowest BCUT2D eigenvalue weighted by atomic mass is 9.96. The largest absolute Gasteiger partial charge is 0.507 e. The number of hydrogen-bond donors (Lipinski definition) is 4. The average molecular weight is 305 g/mol. The Balaban J connectivity index is 1.48. The average Bonchev–Trinajstić information content (AvgIpc) is 3.08. The molecule has 0 heterocycles. The summed E-state index contributed by atoms with van der Waals surface area (Å²) in [6.45, 7) is 0. The van der Waals surface area contributed by atoms with Crippen molar-refractivity contribution in [2.45, 2.75) is 31.7 Å². The van der Waals surface area contributed by atoms with E-state index in [1.54, 1.807) is 18.2 Å². The number of hydrazine groups is 1. The standard InChI is InChI=1S/C15H19N3O2S/c19-13-4-2-1-3-11(13)14(20)17-18-15(21)16-12-8-9-5-6-10(12)7-9/h1-4,9-10,12,19H,5-8H2,(H,17,20)(H2,16,18,21)/t9-,10-,12-/m0/s1. The second-order valence-electron chi connectivity index (χ2n) is 5.85. The summed E-state index contributed by atoms with van der Waals surface area (Å²) in [5.41, 5.74) is 5.42. The van der Waals surface area contributed by atoms with Gasteiger partial charge in [0.2, 0.25) is 0 Å². The number of nitrogens with one attached hydrogen (secondary N) is 3. The van der Waals surface area contributed by atoms with Gasteiger partial charge in [-0.1, -0.05) is 18.6 Å². The molecule has 1 amide bonds. The van der Waals surface area contributed by atoms with Crippen LogP contribution in [0.3, 0.4) is 0 Å². The molecule has 1 aromatic carbocycles. The van der Waals surface area contributed by atoms with Crippen LogP contribution >= 0.6 is 12.2 Å². The van der Waals surface area contributed by atoms with Crippen LogP contribution in [-0.4, -0.2) is 22.2 Å². The van der Waals surface area contributed by atoms with Crippen molar-refractivity contribution in [2.24, 2.45) is 11.8 Å². The number of rotatable bonds is 2. The Hall–Kier alpha value is -1.82. The van der Waals surface area contributed by atoms with E-state index in [9.17, 15) is 9.90 Å². The molecule has 3 rings (SSSR count). The highest BCUT2D eigenvalue weighted by molar-refractivity contribution is 7.80. The van der Waals surface area contributed by atoms with Gasteiger partial charge in [0.25, 0.3) is 5.91 Å². The number of para-hydroxylation sites is 1. The van der Waals surface area contributed by atoms with Crippen LogP contribution in [0.4, 0.5) is 0 Å². The first-order chi connectivity index (χ1) is 10.1.